The standard InChI is InChI=1S/C21H21N3O3/c1-2-26-20(25)14-27-21(18-11-7-4-8-12-18)19(24-16-22-15-23-24)13-17-9-5-3-6-10-17/h3-13,15-16,21H,2,14H2,1H3/b19-13+. The Hall–Kier alpha value is -3.25. The van der Waals surface area contributed by atoms with E-state index in [0.29, 0.717) is 6.61 Å². The number of nitrogens with zero attached hydrogens (tertiary/aromatic N) is 3. The molecular weight excluding hydrogens is 342 g/mol. The van der Waals surface area contributed by atoms with Crippen LogP contribution in [0.4, 0.5) is 0 Å². The zero-order valence-corrected chi connectivity index (χ0v) is 15.1. The van der Waals surface area contributed by atoms with Gasteiger partial charge in [-0.25, -0.2) is 14.5 Å². The molecule has 1 unspecified atom stereocenters. The Morgan fingerprint density at radius 2 is 1.81 bits per heavy atom. The molecule has 0 saturated heterocycles. The Balaban J connectivity index is 1.99. The lowest BCUT2D eigenvalue weighted by molar-refractivity contribution is -0.149. The second kappa shape index (κ2) is 9.45. The Bertz CT molecular complexity index is 862. The van der Waals surface area contributed by atoms with E-state index in [4.69, 9.17) is 9.47 Å². The van der Waals surface area contributed by atoms with Crippen LogP contribution in [-0.4, -0.2) is 33.9 Å². The van der Waals surface area contributed by atoms with Crippen molar-refractivity contribution in [2.45, 2.75) is 13.0 Å². The maximum absolute atomic E-state index is 11.8. The van der Waals surface area contributed by atoms with Crippen LogP contribution in [-0.2, 0) is 14.3 Å². The smallest absolute Gasteiger partial charge is 0.332 e. The van der Waals surface area contributed by atoms with Crippen molar-refractivity contribution in [3.05, 3.63) is 84.4 Å². The number of rotatable bonds is 8. The largest absolute Gasteiger partial charge is 0.464 e. The highest BCUT2D eigenvalue weighted by molar-refractivity contribution is 5.74. The summed E-state index contributed by atoms with van der Waals surface area (Å²) in [4.78, 5) is 15.9. The lowest BCUT2D eigenvalue weighted by Gasteiger charge is -2.21. The molecule has 3 rings (SSSR count). The molecule has 138 valence electrons. The summed E-state index contributed by atoms with van der Waals surface area (Å²) < 4.78 is 12.6. The summed E-state index contributed by atoms with van der Waals surface area (Å²) in [5.41, 5.74) is 2.64. The second-order valence-electron chi connectivity index (χ2n) is 5.73. The van der Waals surface area contributed by atoms with Crippen molar-refractivity contribution in [3.63, 3.8) is 0 Å². The maximum Gasteiger partial charge on any atom is 0.332 e. The highest BCUT2D eigenvalue weighted by Gasteiger charge is 2.21. The van der Waals surface area contributed by atoms with Crippen molar-refractivity contribution in [1.82, 2.24) is 14.8 Å². The van der Waals surface area contributed by atoms with E-state index in [9.17, 15) is 4.79 Å². The molecule has 0 aliphatic carbocycles. The quantitative estimate of drug-likeness (QED) is 0.572. The first-order chi connectivity index (χ1) is 13.3. The van der Waals surface area contributed by atoms with Crippen LogP contribution in [0, 0.1) is 0 Å². The molecule has 1 heterocycles. The monoisotopic (exact) mass is 363 g/mol. The van der Waals surface area contributed by atoms with E-state index >= 15 is 0 Å². The van der Waals surface area contributed by atoms with Gasteiger partial charge in [-0.15, -0.1) is 0 Å². The molecule has 1 aromatic heterocycles. The van der Waals surface area contributed by atoms with Crippen molar-refractivity contribution in [2.75, 3.05) is 13.2 Å². The summed E-state index contributed by atoms with van der Waals surface area (Å²) >= 11 is 0. The topological polar surface area (TPSA) is 66.2 Å². The fourth-order valence-electron chi connectivity index (χ4n) is 2.66. The van der Waals surface area contributed by atoms with Crippen molar-refractivity contribution in [2.24, 2.45) is 0 Å². The Kier molecular flexibility index (Phi) is 6.49. The minimum Gasteiger partial charge on any atom is -0.464 e. The first-order valence-electron chi connectivity index (χ1n) is 8.71. The molecule has 0 N–H and O–H groups in total. The average Bonchev–Trinajstić information content (AvgIpc) is 3.24. The predicted molar refractivity (Wildman–Crippen MR) is 102 cm³/mol. The fourth-order valence-corrected chi connectivity index (χ4v) is 2.66. The number of hydrogen-bond donors (Lipinski definition) is 0. The van der Waals surface area contributed by atoms with Crippen LogP contribution < -0.4 is 0 Å². The van der Waals surface area contributed by atoms with Gasteiger partial charge in [-0.2, -0.15) is 5.10 Å². The number of esters is 1. The fraction of sp³-hybridized carbons (Fsp3) is 0.190. The zero-order chi connectivity index (χ0) is 18.9. The zero-order valence-electron chi connectivity index (χ0n) is 15.1. The molecule has 2 aromatic carbocycles. The lowest BCUT2D eigenvalue weighted by atomic mass is 10.0. The van der Waals surface area contributed by atoms with E-state index in [0.717, 1.165) is 16.8 Å². The first kappa shape index (κ1) is 18.5. The van der Waals surface area contributed by atoms with Crippen LogP contribution in [0.25, 0.3) is 11.8 Å². The van der Waals surface area contributed by atoms with E-state index < -0.39 is 12.1 Å². The van der Waals surface area contributed by atoms with Gasteiger partial charge in [-0.1, -0.05) is 60.7 Å². The number of aromatic nitrogens is 3. The summed E-state index contributed by atoms with van der Waals surface area (Å²) in [6.45, 7) is 1.92. The molecule has 0 saturated carbocycles. The summed E-state index contributed by atoms with van der Waals surface area (Å²) in [6.07, 6.45) is 4.53. The predicted octanol–water partition coefficient (Wildman–Crippen LogP) is 3.60. The minimum atomic E-state index is -0.516. The van der Waals surface area contributed by atoms with Gasteiger partial charge in [-0.05, 0) is 24.1 Å². The molecular formula is C21H21N3O3. The van der Waals surface area contributed by atoms with Crippen molar-refractivity contribution in [1.29, 1.82) is 0 Å². The van der Waals surface area contributed by atoms with Crippen LogP contribution in [0.1, 0.15) is 24.2 Å². The van der Waals surface area contributed by atoms with E-state index in [1.54, 1.807) is 17.9 Å². The SMILES string of the molecule is CCOC(=O)COC(/C(=C\c1ccccc1)n1cncn1)c1ccccc1. The molecule has 0 spiro atoms. The van der Waals surface area contributed by atoms with Gasteiger partial charge >= 0.3 is 5.97 Å². The van der Waals surface area contributed by atoms with Gasteiger partial charge in [0, 0.05) is 0 Å². The lowest BCUT2D eigenvalue weighted by Crippen LogP contribution is -2.18. The second-order valence-corrected chi connectivity index (χ2v) is 5.73. The molecule has 0 amide bonds. The number of carbonyl (C=O) groups is 1. The average molecular weight is 363 g/mol. The molecule has 0 aliphatic heterocycles. The van der Waals surface area contributed by atoms with Crippen LogP contribution in [0.3, 0.4) is 0 Å². The third kappa shape index (κ3) is 5.12. The number of hydrogen-bond acceptors (Lipinski definition) is 5. The van der Waals surface area contributed by atoms with Crippen LogP contribution >= 0.6 is 0 Å². The highest BCUT2D eigenvalue weighted by atomic mass is 16.6. The third-order valence-electron chi connectivity index (χ3n) is 3.84. The van der Waals surface area contributed by atoms with E-state index in [1.807, 2.05) is 66.7 Å². The van der Waals surface area contributed by atoms with E-state index in [2.05, 4.69) is 10.1 Å². The number of carbonyl (C=O) groups excluding carboxylic acids is 1. The van der Waals surface area contributed by atoms with Gasteiger partial charge < -0.3 is 9.47 Å². The van der Waals surface area contributed by atoms with Crippen LogP contribution in [0.5, 0.6) is 0 Å². The normalized spacial score (nSPS) is 12.6. The summed E-state index contributed by atoms with van der Waals surface area (Å²) in [5.74, 6) is -0.406. The number of ether oxygens (including phenoxy) is 2. The van der Waals surface area contributed by atoms with Crippen molar-refractivity contribution in [3.8, 4) is 0 Å². The molecule has 0 radical (unpaired) electrons. The van der Waals surface area contributed by atoms with Gasteiger partial charge in [0.05, 0.1) is 12.3 Å². The van der Waals surface area contributed by atoms with Gasteiger partial charge in [0.1, 0.15) is 25.4 Å². The maximum atomic E-state index is 11.8. The molecule has 1 atom stereocenters. The minimum absolute atomic E-state index is 0.159. The van der Waals surface area contributed by atoms with Gasteiger partial charge in [0.2, 0.25) is 0 Å². The van der Waals surface area contributed by atoms with E-state index in [1.165, 1.54) is 6.33 Å². The molecule has 0 fully saturated rings. The van der Waals surface area contributed by atoms with Crippen molar-refractivity contribution >= 4 is 17.7 Å². The Labute approximate surface area is 158 Å². The third-order valence-corrected chi connectivity index (χ3v) is 3.84. The van der Waals surface area contributed by atoms with Gasteiger partial charge in [0.25, 0.3) is 0 Å². The Morgan fingerprint density at radius 1 is 1.11 bits per heavy atom. The van der Waals surface area contributed by atoms with Crippen LogP contribution in [0.15, 0.2) is 73.3 Å². The van der Waals surface area contributed by atoms with Crippen molar-refractivity contribution < 1.29 is 14.3 Å². The van der Waals surface area contributed by atoms with Crippen LogP contribution in [0.2, 0.25) is 0 Å². The molecule has 0 bridgehead atoms. The van der Waals surface area contributed by atoms with Gasteiger partial charge in [0.15, 0.2) is 0 Å². The molecule has 0 aliphatic rings. The van der Waals surface area contributed by atoms with E-state index in [-0.39, 0.29) is 6.61 Å². The molecule has 6 heteroatoms. The Morgan fingerprint density at radius 3 is 2.44 bits per heavy atom. The summed E-state index contributed by atoms with van der Waals surface area (Å²) in [5, 5.41) is 4.26. The highest BCUT2D eigenvalue weighted by Crippen LogP contribution is 2.30. The molecule has 27 heavy (non-hydrogen) atoms. The first-order valence-corrected chi connectivity index (χ1v) is 8.71. The number of benzene rings is 2. The van der Waals surface area contributed by atoms with Gasteiger partial charge in [-0.3, -0.25) is 0 Å². The molecule has 6 nitrogen and oxygen atoms in total. The summed E-state index contributed by atoms with van der Waals surface area (Å²) in [6, 6.07) is 19.5. The molecule has 3 aromatic rings. The summed E-state index contributed by atoms with van der Waals surface area (Å²) in [7, 11) is 0.